The van der Waals surface area contributed by atoms with Gasteiger partial charge >= 0.3 is 5.97 Å². The first-order valence-corrected chi connectivity index (χ1v) is 5.04. The zero-order valence-electron chi connectivity index (χ0n) is 9.68. The lowest BCUT2D eigenvalue weighted by Gasteiger charge is -2.21. The van der Waals surface area contributed by atoms with Gasteiger partial charge in [-0.3, -0.25) is 4.79 Å². The first-order valence-electron chi connectivity index (χ1n) is 5.04. The molecule has 1 N–H and O–H groups in total. The summed E-state index contributed by atoms with van der Waals surface area (Å²) in [6.45, 7) is 1.45. The predicted molar refractivity (Wildman–Crippen MR) is 63.6 cm³/mol. The molecule has 0 bridgehead atoms. The Kier molecular flexibility index (Phi) is 3.89. The van der Waals surface area contributed by atoms with Gasteiger partial charge in [0.05, 0.1) is 0 Å². The van der Waals surface area contributed by atoms with Crippen LogP contribution in [0.4, 0.5) is 0 Å². The lowest BCUT2D eigenvalue weighted by molar-refractivity contribution is -0.141. The number of hydrogen-bond donors (Lipinski definition) is 1. The third-order valence-electron chi connectivity index (χ3n) is 2.56. The van der Waals surface area contributed by atoms with E-state index in [0.29, 0.717) is 11.1 Å². The maximum Gasteiger partial charge on any atom is 0.326 e. The van der Waals surface area contributed by atoms with Gasteiger partial charge in [0, 0.05) is 18.2 Å². The largest absolute Gasteiger partial charge is 0.480 e. The monoisotopic (exact) mass is 231 g/mol. The molecule has 1 unspecified atom stereocenters. The zero-order chi connectivity index (χ0) is 13.0. The molecule has 1 atom stereocenters. The summed E-state index contributed by atoms with van der Waals surface area (Å²) in [7, 11) is 1.45. The molecule has 1 aromatic rings. The second-order valence-corrected chi connectivity index (χ2v) is 3.65. The minimum absolute atomic E-state index is 0.344. The van der Waals surface area contributed by atoms with E-state index < -0.39 is 12.0 Å². The third kappa shape index (κ3) is 2.85. The summed E-state index contributed by atoms with van der Waals surface area (Å²) in [6.07, 6.45) is 5.20. The normalized spacial score (nSPS) is 11.4. The summed E-state index contributed by atoms with van der Waals surface area (Å²) in [6, 6.07) is 5.60. The number of benzene rings is 1. The van der Waals surface area contributed by atoms with Crippen LogP contribution >= 0.6 is 0 Å². The fourth-order valence-electron chi connectivity index (χ4n) is 1.25. The number of carboxylic acid groups (broad SMARTS) is 1. The summed E-state index contributed by atoms with van der Waals surface area (Å²) in [4.78, 5) is 23.8. The second-order valence-electron chi connectivity index (χ2n) is 3.65. The van der Waals surface area contributed by atoms with Crippen molar-refractivity contribution in [3.05, 3.63) is 35.4 Å². The highest BCUT2D eigenvalue weighted by molar-refractivity contribution is 5.96. The van der Waals surface area contributed by atoms with Crippen molar-refractivity contribution in [2.75, 3.05) is 7.05 Å². The quantitative estimate of drug-likeness (QED) is 0.795. The van der Waals surface area contributed by atoms with Crippen molar-refractivity contribution >= 4 is 11.9 Å². The van der Waals surface area contributed by atoms with Crippen LogP contribution in [0.15, 0.2) is 24.3 Å². The van der Waals surface area contributed by atoms with Crippen LogP contribution in [0.2, 0.25) is 0 Å². The number of aliphatic carboxylic acids is 1. The Balaban J connectivity index is 2.89. The smallest absolute Gasteiger partial charge is 0.326 e. The van der Waals surface area contributed by atoms with E-state index in [2.05, 4.69) is 5.92 Å². The molecule has 0 radical (unpaired) electrons. The highest BCUT2D eigenvalue weighted by Gasteiger charge is 2.22. The Morgan fingerprint density at radius 2 is 1.88 bits per heavy atom. The van der Waals surface area contributed by atoms with Crippen molar-refractivity contribution in [2.45, 2.75) is 13.0 Å². The number of likely N-dealkylation sites (N-methyl/N-ethyl adjacent to an activating group) is 1. The van der Waals surface area contributed by atoms with Gasteiger partial charge in [-0.1, -0.05) is 5.92 Å². The summed E-state index contributed by atoms with van der Waals surface area (Å²) >= 11 is 0. The molecule has 17 heavy (non-hydrogen) atoms. The molecule has 1 amide bonds. The van der Waals surface area contributed by atoms with E-state index in [1.165, 1.54) is 18.9 Å². The first kappa shape index (κ1) is 12.8. The fourth-order valence-corrected chi connectivity index (χ4v) is 1.25. The van der Waals surface area contributed by atoms with Crippen LogP contribution in [-0.4, -0.2) is 35.0 Å². The number of hydrogen-bond acceptors (Lipinski definition) is 2. The van der Waals surface area contributed by atoms with Gasteiger partial charge in [0.1, 0.15) is 6.04 Å². The number of amides is 1. The maximum atomic E-state index is 11.9. The Labute approximate surface area is 99.9 Å². The number of carbonyl (C=O) groups is 2. The van der Waals surface area contributed by atoms with Gasteiger partial charge in [-0.25, -0.2) is 4.79 Å². The van der Waals surface area contributed by atoms with Gasteiger partial charge in [-0.15, -0.1) is 6.42 Å². The lowest BCUT2D eigenvalue weighted by Crippen LogP contribution is -2.40. The Morgan fingerprint density at radius 1 is 1.35 bits per heavy atom. The fraction of sp³-hybridized carbons (Fsp3) is 0.231. The molecule has 1 aromatic carbocycles. The SMILES string of the molecule is C#Cc1ccc(C(=O)N(C)C(C)C(=O)O)cc1. The molecule has 0 saturated carbocycles. The summed E-state index contributed by atoms with van der Waals surface area (Å²) in [5.74, 6) is 1.06. The van der Waals surface area contributed by atoms with Crippen LogP contribution in [0.3, 0.4) is 0 Å². The molecule has 0 spiro atoms. The lowest BCUT2D eigenvalue weighted by atomic mass is 10.1. The minimum atomic E-state index is -1.04. The molecule has 88 valence electrons. The molecule has 0 aliphatic rings. The van der Waals surface area contributed by atoms with Crippen LogP contribution < -0.4 is 0 Å². The van der Waals surface area contributed by atoms with E-state index >= 15 is 0 Å². The van der Waals surface area contributed by atoms with Crippen LogP contribution in [0.25, 0.3) is 0 Å². The third-order valence-corrected chi connectivity index (χ3v) is 2.56. The first-order chi connectivity index (χ1) is 7.97. The molecular weight excluding hydrogens is 218 g/mol. The maximum absolute atomic E-state index is 11.9. The molecule has 4 nitrogen and oxygen atoms in total. The average Bonchev–Trinajstić information content (AvgIpc) is 2.36. The van der Waals surface area contributed by atoms with E-state index in [0.717, 1.165) is 0 Å². The number of rotatable bonds is 3. The number of terminal acetylenes is 1. The van der Waals surface area contributed by atoms with E-state index in [9.17, 15) is 9.59 Å². The highest BCUT2D eigenvalue weighted by Crippen LogP contribution is 2.08. The van der Waals surface area contributed by atoms with Crippen molar-refractivity contribution in [1.29, 1.82) is 0 Å². The Morgan fingerprint density at radius 3 is 2.29 bits per heavy atom. The Hall–Kier alpha value is -2.28. The molecule has 1 rings (SSSR count). The van der Waals surface area contributed by atoms with Crippen molar-refractivity contribution in [2.24, 2.45) is 0 Å². The average molecular weight is 231 g/mol. The molecule has 0 aromatic heterocycles. The number of carboxylic acids is 1. The molecule has 0 aliphatic carbocycles. The molecule has 0 fully saturated rings. The van der Waals surface area contributed by atoms with Crippen LogP contribution in [0.5, 0.6) is 0 Å². The zero-order valence-corrected chi connectivity index (χ0v) is 9.68. The van der Waals surface area contributed by atoms with Gasteiger partial charge < -0.3 is 10.0 Å². The van der Waals surface area contributed by atoms with Crippen molar-refractivity contribution in [1.82, 2.24) is 4.90 Å². The summed E-state index contributed by atoms with van der Waals surface area (Å²) in [5.41, 5.74) is 1.09. The number of carbonyl (C=O) groups excluding carboxylic acids is 1. The predicted octanol–water partition coefficient (Wildman–Crippen LogP) is 1.21. The van der Waals surface area contributed by atoms with Gasteiger partial charge in [-0.2, -0.15) is 0 Å². The summed E-state index contributed by atoms with van der Waals surface area (Å²) < 4.78 is 0. The highest BCUT2D eigenvalue weighted by atomic mass is 16.4. The van der Waals surface area contributed by atoms with Gasteiger partial charge in [0.15, 0.2) is 0 Å². The van der Waals surface area contributed by atoms with E-state index in [-0.39, 0.29) is 5.91 Å². The molecule has 0 heterocycles. The van der Waals surface area contributed by atoms with Crippen LogP contribution in [-0.2, 0) is 4.79 Å². The van der Waals surface area contributed by atoms with Crippen molar-refractivity contribution < 1.29 is 14.7 Å². The van der Waals surface area contributed by atoms with E-state index in [1.54, 1.807) is 24.3 Å². The molecule has 0 saturated heterocycles. The van der Waals surface area contributed by atoms with Gasteiger partial charge in [-0.05, 0) is 31.2 Å². The van der Waals surface area contributed by atoms with E-state index in [4.69, 9.17) is 11.5 Å². The minimum Gasteiger partial charge on any atom is -0.480 e. The Bertz CT molecular complexity index is 470. The van der Waals surface area contributed by atoms with Gasteiger partial charge in [0.2, 0.25) is 0 Å². The van der Waals surface area contributed by atoms with Crippen molar-refractivity contribution in [3.8, 4) is 12.3 Å². The topological polar surface area (TPSA) is 57.6 Å². The standard InChI is InChI=1S/C13H13NO3/c1-4-10-5-7-11(8-6-10)12(15)14(3)9(2)13(16)17/h1,5-9H,2-3H3,(H,16,17). The van der Waals surface area contributed by atoms with Crippen LogP contribution in [0.1, 0.15) is 22.8 Å². The number of nitrogens with zero attached hydrogens (tertiary/aromatic N) is 1. The van der Waals surface area contributed by atoms with Gasteiger partial charge in [0.25, 0.3) is 5.91 Å². The molecule has 0 aliphatic heterocycles. The molecular formula is C13H13NO3. The molecule has 4 heteroatoms. The van der Waals surface area contributed by atoms with Crippen LogP contribution in [0, 0.1) is 12.3 Å². The van der Waals surface area contributed by atoms with Crippen molar-refractivity contribution in [3.63, 3.8) is 0 Å². The van der Waals surface area contributed by atoms with E-state index in [1.807, 2.05) is 0 Å². The summed E-state index contributed by atoms with van der Waals surface area (Å²) in [5, 5.41) is 8.81. The second kappa shape index (κ2) is 5.17.